The van der Waals surface area contributed by atoms with Crippen LogP contribution in [0.25, 0.3) is 12.2 Å². The van der Waals surface area contributed by atoms with Gasteiger partial charge in [0.15, 0.2) is 0 Å². The summed E-state index contributed by atoms with van der Waals surface area (Å²) in [5.41, 5.74) is 2.23. The predicted octanol–water partition coefficient (Wildman–Crippen LogP) is 1.68. The first-order chi connectivity index (χ1) is 4.97. The van der Waals surface area contributed by atoms with E-state index < -0.39 is 0 Å². The molecule has 1 aliphatic heterocycles. The molecule has 1 aromatic rings. The molecule has 10 heavy (non-hydrogen) atoms. The first-order valence-corrected chi connectivity index (χ1v) is 3.09. The van der Waals surface area contributed by atoms with Gasteiger partial charge < -0.3 is 4.98 Å². The van der Waals surface area contributed by atoms with Gasteiger partial charge in [-0.3, -0.25) is 0 Å². The summed E-state index contributed by atoms with van der Waals surface area (Å²) in [6.07, 6.45) is 7.41. The normalized spacial score (nSPS) is 13.2. The van der Waals surface area contributed by atoms with Crippen LogP contribution < -0.4 is 0 Å². The van der Waals surface area contributed by atoms with Crippen molar-refractivity contribution >= 4 is 18.0 Å². The van der Waals surface area contributed by atoms with Gasteiger partial charge in [0, 0.05) is 24.0 Å². The minimum Gasteiger partial charge on any atom is -0.361 e. The zero-order valence-corrected chi connectivity index (χ0v) is 5.33. The first kappa shape index (κ1) is 5.27. The second-order valence-electron chi connectivity index (χ2n) is 2.06. The van der Waals surface area contributed by atoms with Crippen LogP contribution in [0.1, 0.15) is 11.3 Å². The second-order valence-corrected chi connectivity index (χ2v) is 2.06. The standard InChI is InChI=1S/C8H6N2/c1-4-9-5-3-8-7(1)2-6-10-8/h1-4,6,10H. The summed E-state index contributed by atoms with van der Waals surface area (Å²) in [4.78, 5) is 6.92. The topological polar surface area (TPSA) is 28.1 Å². The average Bonchev–Trinajstić information content (AvgIpc) is 2.28. The summed E-state index contributed by atoms with van der Waals surface area (Å²) < 4.78 is 0. The number of aromatic nitrogens is 1. The van der Waals surface area contributed by atoms with Crippen LogP contribution in [0.4, 0.5) is 0 Å². The van der Waals surface area contributed by atoms with Crippen molar-refractivity contribution in [3.05, 3.63) is 29.7 Å². The summed E-state index contributed by atoms with van der Waals surface area (Å²) in [5, 5.41) is 0. The molecule has 1 N–H and O–H groups in total. The van der Waals surface area contributed by atoms with Crippen LogP contribution >= 0.6 is 0 Å². The molecule has 1 aromatic heterocycles. The molecule has 2 heteroatoms. The van der Waals surface area contributed by atoms with Crippen molar-refractivity contribution in [2.24, 2.45) is 4.99 Å². The van der Waals surface area contributed by atoms with Crippen molar-refractivity contribution < 1.29 is 0 Å². The third-order valence-electron chi connectivity index (χ3n) is 1.42. The monoisotopic (exact) mass is 130 g/mol. The Kier molecular flexibility index (Phi) is 1.06. The predicted molar refractivity (Wildman–Crippen MR) is 41.7 cm³/mol. The van der Waals surface area contributed by atoms with E-state index in [0.717, 1.165) is 11.3 Å². The van der Waals surface area contributed by atoms with Gasteiger partial charge in [0.25, 0.3) is 0 Å². The van der Waals surface area contributed by atoms with Gasteiger partial charge in [-0.05, 0) is 18.0 Å². The number of rotatable bonds is 0. The maximum atomic E-state index is 3.85. The molecule has 0 amide bonds. The van der Waals surface area contributed by atoms with E-state index in [1.807, 2.05) is 24.4 Å². The van der Waals surface area contributed by atoms with Crippen molar-refractivity contribution in [3.8, 4) is 0 Å². The number of nitrogens with zero attached hydrogens (tertiary/aromatic N) is 1. The quantitative estimate of drug-likeness (QED) is 0.553. The highest BCUT2D eigenvalue weighted by Gasteiger charge is 1.95. The number of aliphatic imine (C=N–C) groups is 1. The van der Waals surface area contributed by atoms with Crippen LogP contribution in [0.2, 0.25) is 0 Å². The molecule has 0 unspecified atom stereocenters. The molecule has 0 bridgehead atoms. The number of hydrogen-bond acceptors (Lipinski definition) is 1. The maximum absolute atomic E-state index is 3.85. The van der Waals surface area contributed by atoms with Gasteiger partial charge in [0.05, 0.1) is 5.69 Å². The lowest BCUT2D eigenvalue weighted by atomic mass is 10.2. The highest BCUT2D eigenvalue weighted by molar-refractivity contribution is 5.82. The summed E-state index contributed by atoms with van der Waals surface area (Å²) in [7, 11) is 0. The molecule has 0 saturated heterocycles. The van der Waals surface area contributed by atoms with E-state index in [1.54, 1.807) is 6.20 Å². The Morgan fingerprint density at radius 2 is 2.50 bits per heavy atom. The lowest BCUT2D eigenvalue weighted by Crippen LogP contribution is -1.71. The summed E-state index contributed by atoms with van der Waals surface area (Å²) in [6, 6.07) is 2.00. The number of hydrogen-bond donors (Lipinski definition) is 1. The molecule has 1 aliphatic rings. The van der Waals surface area contributed by atoms with Crippen molar-refractivity contribution in [2.45, 2.75) is 0 Å². The van der Waals surface area contributed by atoms with Gasteiger partial charge in [-0.25, -0.2) is 4.99 Å². The van der Waals surface area contributed by atoms with E-state index in [9.17, 15) is 0 Å². The third-order valence-corrected chi connectivity index (χ3v) is 1.42. The SMILES string of the molecule is C1=Cc2[nH]ccc2C=CN=1. The van der Waals surface area contributed by atoms with E-state index >= 15 is 0 Å². The molecule has 0 radical (unpaired) electrons. The van der Waals surface area contributed by atoms with Gasteiger partial charge in [0.2, 0.25) is 0 Å². The molecule has 48 valence electrons. The van der Waals surface area contributed by atoms with E-state index in [0.29, 0.717) is 0 Å². The minimum absolute atomic E-state index is 1.07. The summed E-state index contributed by atoms with van der Waals surface area (Å²) in [6.45, 7) is 0. The van der Waals surface area contributed by atoms with Gasteiger partial charge in [-0.1, -0.05) is 0 Å². The minimum atomic E-state index is 1.07. The number of aromatic amines is 1. The molecular weight excluding hydrogens is 124 g/mol. The van der Waals surface area contributed by atoms with E-state index in [2.05, 4.69) is 15.8 Å². The zero-order chi connectivity index (χ0) is 6.81. The van der Waals surface area contributed by atoms with Gasteiger partial charge in [0.1, 0.15) is 0 Å². The Bertz CT molecular complexity index is 325. The smallest absolute Gasteiger partial charge is 0.0548 e. The first-order valence-electron chi connectivity index (χ1n) is 3.09. The molecule has 2 rings (SSSR count). The fourth-order valence-electron chi connectivity index (χ4n) is 0.927. The Balaban J connectivity index is 2.68. The molecule has 0 aliphatic carbocycles. The van der Waals surface area contributed by atoms with E-state index in [4.69, 9.17) is 0 Å². The molecule has 0 saturated carbocycles. The molecular formula is C8H6N2. The third kappa shape index (κ3) is 0.714. The Morgan fingerprint density at radius 3 is 3.50 bits per heavy atom. The Morgan fingerprint density at radius 1 is 1.50 bits per heavy atom. The van der Waals surface area contributed by atoms with Crippen LogP contribution in [0.3, 0.4) is 0 Å². The van der Waals surface area contributed by atoms with Crippen LogP contribution in [0.5, 0.6) is 0 Å². The van der Waals surface area contributed by atoms with Crippen molar-refractivity contribution in [3.63, 3.8) is 0 Å². The van der Waals surface area contributed by atoms with Crippen molar-refractivity contribution in [1.82, 2.24) is 4.98 Å². The van der Waals surface area contributed by atoms with Crippen molar-refractivity contribution in [1.29, 1.82) is 0 Å². The molecule has 0 aromatic carbocycles. The Labute approximate surface area is 58.6 Å². The fraction of sp³-hybridized carbons (Fsp3) is 0. The lowest BCUT2D eigenvalue weighted by Gasteiger charge is -1.84. The fourth-order valence-corrected chi connectivity index (χ4v) is 0.927. The Hall–Kier alpha value is -1.53. The van der Waals surface area contributed by atoms with Crippen LogP contribution in [0, 0.1) is 0 Å². The van der Waals surface area contributed by atoms with Gasteiger partial charge >= 0.3 is 0 Å². The highest BCUT2D eigenvalue weighted by Crippen LogP contribution is 2.10. The van der Waals surface area contributed by atoms with E-state index in [-0.39, 0.29) is 0 Å². The summed E-state index contributed by atoms with van der Waals surface area (Å²) >= 11 is 0. The molecule has 0 fully saturated rings. The second kappa shape index (κ2) is 2.01. The van der Waals surface area contributed by atoms with Crippen LogP contribution in [0.15, 0.2) is 23.5 Å². The number of nitrogens with one attached hydrogen (secondary N) is 1. The van der Waals surface area contributed by atoms with E-state index in [1.165, 1.54) is 0 Å². The number of H-pyrrole nitrogens is 1. The van der Waals surface area contributed by atoms with Crippen LogP contribution in [-0.2, 0) is 0 Å². The van der Waals surface area contributed by atoms with Gasteiger partial charge in [-0.15, -0.1) is 0 Å². The van der Waals surface area contributed by atoms with Crippen LogP contribution in [-0.4, -0.2) is 10.9 Å². The molecule has 2 heterocycles. The van der Waals surface area contributed by atoms with Crippen molar-refractivity contribution in [2.75, 3.05) is 0 Å². The zero-order valence-electron chi connectivity index (χ0n) is 5.33. The average molecular weight is 130 g/mol. The molecule has 0 spiro atoms. The highest BCUT2D eigenvalue weighted by atomic mass is 14.7. The summed E-state index contributed by atoms with van der Waals surface area (Å²) in [5.74, 6) is 2.77. The lowest BCUT2D eigenvalue weighted by molar-refractivity contribution is 1.38. The molecule has 0 atom stereocenters. The largest absolute Gasteiger partial charge is 0.361 e. The maximum Gasteiger partial charge on any atom is 0.0548 e. The van der Waals surface area contributed by atoms with Gasteiger partial charge in [-0.2, -0.15) is 0 Å². The molecule has 2 nitrogen and oxygen atoms in total. The number of fused-ring (bicyclic) bond motifs is 1.